The number of fused-ring (bicyclic) bond motifs is 3. The Balaban J connectivity index is 1.45. The van der Waals surface area contributed by atoms with E-state index in [-0.39, 0.29) is 30.2 Å². The molecule has 0 aliphatic carbocycles. The molecule has 6 nitrogen and oxygen atoms in total. The van der Waals surface area contributed by atoms with E-state index in [9.17, 15) is 9.59 Å². The van der Waals surface area contributed by atoms with Gasteiger partial charge in [0.15, 0.2) is 0 Å². The first-order valence-electron chi connectivity index (χ1n) is 10.3. The zero-order valence-corrected chi connectivity index (χ0v) is 17.2. The van der Waals surface area contributed by atoms with Gasteiger partial charge in [0.05, 0.1) is 19.1 Å². The summed E-state index contributed by atoms with van der Waals surface area (Å²) < 4.78 is 5.39. The van der Waals surface area contributed by atoms with Gasteiger partial charge < -0.3 is 19.5 Å². The van der Waals surface area contributed by atoms with Gasteiger partial charge in [-0.2, -0.15) is 0 Å². The molecule has 2 aromatic carbocycles. The van der Waals surface area contributed by atoms with Gasteiger partial charge in [-0.1, -0.05) is 30.3 Å². The van der Waals surface area contributed by atoms with Crippen LogP contribution in [0.1, 0.15) is 29.3 Å². The number of H-pyrrole nitrogens is 1. The molecule has 2 atom stereocenters. The molecule has 3 heterocycles. The van der Waals surface area contributed by atoms with E-state index in [1.807, 2.05) is 53.4 Å². The number of hydrogen-bond donors (Lipinski definition) is 1. The minimum Gasteiger partial charge on any atom is -0.497 e. The molecule has 30 heavy (non-hydrogen) atoms. The van der Waals surface area contributed by atoms with Crippen molar-refractivity contribution in [2.45, 2.75) is 25.4 Å². The van der Waals surface area contributed by atoms with Gasteiger partial charge in [0.1, 0.15) is 5.75 Å². The SMILES string of the molecule is COc1ccc2[nH]c3c(c2c1)CN(C(=O)[C@H]1CC(=O)N(C)[C@H]1c1ccccc1)CC3. The number of nitrogens with one attached hydrogen (secondary N) is 1. The van der Waals surface area contributed by atoms with Gasteiger partial charge in [0.2, 0.25) is 11.8 Å². The summed E-state index contributed by atoms with van der Waals surface area (Å²) in [5.41, 5.74) is 4.41. The average molecular weight is 403 g/mol. The van der Waals surface area contributed by atoms with Crippen LogP contribution in [-0.4, -0.2) is 47.3 Å². The number of benzene rings is 2. The average Bonchev–Trinajstić information content (AvgIpc) is 3.29. The van der Waals surface area contributed by atoms with Gasteiger partial charge in [-0.3, -0.25) is 9.59 Å². The molecule has 154 valence electrons. The van der Waals surface area contributed by atoms with Crippen molar-refractivity contribution in [1.29, 1.82) is 0 Å². The molecule has 2 aliphatic rings. The van der Waals surface area contributed by atoms with E-state index in [2.05, 4.69) is 4.98 Å². The number of hydrogen-bond acceptors (Lipinski definition) is 3. The third-order valence-corrected chi connectivity index (χ3v) is 6.54. The summed E-state index contributed by atoms with van der Waals surface area (Å²) in [6.07, 6.45) is 1.05. The third-order valence-electron chi connectivity index (χ3n) is 6.54. The van der Waals surface area contributed by atoms with Crippen LogP contribution in [0.25, 0.3) is 10.9 Å². The summed E-state index contributed by atoms with van der Waals surface area (Å²) in [5.74, 6) is 0.535. The Kier molecular flexibility index (Phi) is 4.50. The van der Waals surface area contributed by atoms with E-state index in [1.165, 1.54) is 5.69 Å². The van der Waals surface area contributed by atoms with Crippen molar-refractivity contribution < 1.29 is 14.3 Å². The number of carbonyl (C=O) groups excluding carboxylic acids is 2. The quantitative estimate of drug-likeness (QED) is 0.730. The van der Waals surface area contributed by atoms with E-state index in [0.29, 0.717) is 13.1 Å². The van der Waals surface area contributed by atoms with Crippen molar-refractivity contribution in [3.05, 3.63) is 65.4 Å². The smallest absolute Gasteiger partial charge is 0.228 e. The molecule has 6 heteroatoms. The number of likely N-dealkylation sites (tertiary alicyclic amines) is 1. The number of aromatic amines is 1. The molecule has 1 saturated heterocycles. The van der Waals surface area contributed by atoms with E-state index >= 15 is 0 Å². The lowest BCUT2D eigenvalue weighted by molar-refractivity contribution is -0.137. The maximum absolute atomic E-state index is 13.6. The Hall–Kier alpha value is -3.28. The number of amides is 2. The minimum absolute atomic E-state index is 0.0248. The van der Waals surface area contributed by atoms with E-state index in [0.717, 1.165) is 34.2 Å². The first-order chi connectivity index (χ1) is 14.6. The summed E-state index contributed by atoms with van der Waals surface area (Å²) >= 11 is 0. The highest BCUT2D eigenvalue weighted by Crippen LogP contribution is 2.39. The molecular formula is C24H25N3O3. The molecule has 1 fully saturated rings. The predicted octanol–water partition coefficient (Wildman–Crippen LogP) is 3.28. The molecule has 1 N–H and O–H groups in total. The molecule has 0 bridgehead atoms. The third kappa shape index (κ3) is 2.95. The Bertz CT molecular complexity index is 1120. The molecule has 0 spiro atoms. The van der Waals surface area contributed by atoms with E-state index in [4.69, 9.17) is 4.74 Å². The molecule has 0 radical (unpaired) electrons. The van der Waals surface area contributed by atoms with Gasteiger partial charge in [-0.15, -0.1) is 0 Å². The zero-order valence-electron chi connectivity index (χ0n) is 17.2. The maximum Gasteiger partial charge on any atom is 0.228 e. The first-order valence-corrected chi connectivity index (χ1v) is 10.3. The standard InChI is InChI=1S/C24H25N3O3/c1-26-22(28)13-18(23(26)15-6-4-3-5-7-15)24(29)27-11-10-21-19(14-27)17-12-16(30-2)8-9-20(17)25-21/h3-9,12,18,23,25H,10-11,13-14H2,1-2H3/t18-,23-/m0/s1. The van der Waals surface area contributed by atoms with Crippen LogP contribution in [0.15, 0.2) is 48.5 Å². The number of ether oxygens (including phenoxy) is 1. The van der Waals surface area contributed by atoms with Crippen LogP contribution in [0.4, 0.5) is 0 Å². The van der Waals surface area contributed by atoms with Crippen LogP contribution >= 0.6 is 0 Å². The van der Waals surface area contributed by atoms with Crippen LogP contribution in [0.2, 0.25) is 0 Å². The maximum atomic E-state index is 13.6. The fourth-order valence-corrected chi connectivity index (χ4v) is 4.94. The Morgan fingerprint density at radius 3 is 2.73 bits per heavy atom. The minimum atomic E-state index is -0.355. The Morgan fingerprint density at radius 2 is 1.97 bits per heavy atom. The molecule has 2 amide bonds. The fourth-order valence-electron chi connectivity index (χ4n) is 4.94. The summed E-state index contributed by atoms with van der Waals surface area (Å²) in [4.78, 5) is 33.2. The van der Waals surface area contributed by atoms with Crippen molar-refractivity contribution in [3.63, 3.8) is 0 Å². The number of nitrogens with zero attached hydrogens (tertiary/aromatic N) is 2. The van der Waals surface area contributed by atoms with Crippen molar-refractivity contribution in [1.82, 2.24) is 14.8 Å². The van der Waals surface area contributed by atoms with E-state index in [1.54, 1.807) is 19.1 Å². The van der Waals surface area contributed by atoms with Gasteiger partial charge >= 0.3 is 0 Å². The second-order valence-corrected chi connectivity index (χ2v) is 8.17. The van der Waals surface area contributed by atoms with Gasteiger partial charge in [-0.25, -0.2) is 0 Å². The summed E-state index contributed by atoms with van der Waals surface area (Å²) in [5, 5.41) is 1.10. The molecule has 1 aromatic heterocycles. The van der Waals surface area contributed by atoms with Crippen molar-refractivity contribution >= 4 is 22.7 Å². The lowest BCUT2D eigenvalue weighted by Gasteiger charge is -2.32. The van der Waals surface area contributed by atoms with Gasteiger partial charge in [-0.05, 0) is 23.8 Å². The number of methoxy groups -OCH3 is 1. The van der Waals surface area contributed by atoms with Gasteiger partial charge in [0.25, 0.3) is 0 Å². The first kappa shape index (κ1) is 18.7. The van der Waals surface area contributed by atoms with Crippen LogP contribution < -0.4 is 4.74 Å². The number of aromatic nitrogens is 1. The monoisotopic (exact) mass is 403 g/mol. The van der Waals surface area contributed by atoms with Crippen LogP contribution in [0, 0.1) is 5.92 Å². The molecule has 5 rings (SSSR count). The predicted molar refractivity (Wildman–Crippen MR) is 114 cm³/mol. The summed E-state index contributed by atoms with van der Waals surface area (Å²) in [7, 11) is 3.46. The lowest BCUT2D eigenvalue weighted by Crippen LogP contribution is -2.41. The summed E-state index contributed by atoms with van der Waals surface area (Å²) in [6, 6.07) is 15.6. The van der Waals surface area contributed by atoms with Crippen LogP contribution in [0.3, 0.4) is 0 Å². The second-order valence-electron chi connectivity index (χ2n) is 8.17. The fraction of sp³-hybridized carbons (Fsp3) is 0.333. The highest BCUT2D eigenvalue weighted by atomic mass is 16.5. The highest BCUT2D eigenvalue weighted by Gasteiger charge is 2.44. The van der Waals surface area contributed by atoms with E-state index < -0.39 is 0 Å². The highest BCUT2D eigenvalue weighted by molar-refractivity contribution is 5.91. The molecule has 2 aliphatic heterocycles. The zero-order chi connectivity index (χ0) is 20.8. The number of carbonyl (C=O) groups is 2. The topological polar surface area (TPSA) is 65.6 Å². The lowest BCUT2D eigenvalue weighted by atomic mass is 9.91. The molecule has 0 unspecified atom stereocenters. The summed E-state index contributed by atoms with van der Waals surface area (Å²) in [6.45, 7) is 1.21. The largest absolute Gasteiger partial charge is 0.497 e. The van der Waals surface area contributed by atoms with Crippen molar-refractivity contribution in [2.24, 2.45) is 5.92 Å². The van der Waals surface area contributed by atoms with Crippen molar-refractivity contribution in [3.8, 4) is 5.75 Å². The Labute approximate surface area is 175 Å². The Morgan fingerprint density at radius 1 is 1.17 bits per heavy atom. The molecule has 0 saturated carbocycles. The van der Waals surface area contributed by atoms with Crippen molar-refractivity contribution in [2.75, 3.05) is 20.7 Å². The normalized spacial score (nSPS) is 21.2. The molecular weight excluding hydrogens is 378 g/mol. The van der Waals surface area contributed by atoms with Crippen LogP contribution in [0.5, 0.6) is 5.75 Å². The van der Waals surface area contributed by atoms with Gasteiger partial charge in [0, 0.05) is 55.1 Å². The second kappa shape index (κ2) is 7.20. The number of rotatable bonds is 3. The van der Waals surface area contributed by atoms with Crippen LogP contribution in [-0.2, 0) is 22.6 Å². The molecule has 3 aromatic rings.